The summed E-state index contributed by atoms with van der Waals surface area (Å²) < 4.78 is 8.03. The van der Waals surface area contributed by atoms with Gasteiger partial charge in [0.15, 0.2) is 0 Å². The predicted octanol–water partition coefficient (Wildman–Crippen LogP) is 3.63. The van der Waals surface area contributed by atoms with E-state index in [1.165, 1.54) is 4.57 Å². The van der Waals surface area contributed by atoms with Gasteiger partial charge in [-0.05, 0) is 54.1 Å². The van der Waals surface area contributed by atoms with Crippen molar-refractivity contribution >= 4 is 23.2 Å². The standard InChI is InChI=1S/C24H21ClN4O4/c25-18-8-6-17(7-9-18)16-29-22(27-23(31)28(14-15-30)24(29)32)26-19-10-12-21(13-11-19)33-20-4-2-1-3-5-20/h1-13,30H,14-16H2,(H,26,27,31). The zero-order valence-corrected chi connectivity index (χ0v) is 18.3. The molecule has 9 heteroatoms. The number of anilines is 2. The molecule has 0 saturated carbocycles. The molecular formula is C24H21ClN4O4. The third kappa shape index (κ3) is 5.49. The summed E-state index contributed by atoms with van der Waals surface area (Å²) in [6, 6.07) is 23.5. The van der Waals surface area contributed by atoms with Gasteiger partial charge >= 0.3 is 11.4 Å². The summed E-state index contributed by atoms with van der Waals surface area (Å²) in [4.78, 5) is 29.4. The molecule has 1 heterocycles. The van der Waals surface area contributed by atoms with E-state index < -0.39 is 11.4 Å². The van der Waals surface area contributed by atoms with E-state index in [1.807, 2.05) is 30.3 Å². The SMILES string of the molecule is O=c1nc(Nc2ccc(Oc3ccccc3)cc2)n(Cc2ccc(Cl)cc2)c(=O)n1CCO. The van der Waals surface area contributed by atoms with Crippen LogP contribution in [0.4, 0.5) is 11.6 Å². The molecule has 168 valence electrons. The molecule has 0 spiro atoms. The van der Waals surface area contributed by atoms with Gasteiger partial charge in [0.05, 0.1) is 19.7 Å². The minimum Gasteiger partial charge on any atom is -0.457 e. The second-order valence-corrected chi connectivity index (χ2v) is 7.59. The molecule has 0 aliphatic carbocycles. The van der Waals surface area contributed by atoms with E-state index in [9.17, 15) is 14.7 Å². The summed E-state index contributed by atoms with van der Waals surface area (Å²) in [5.74, 6) is 1.44. The van der Waals surface area contributed by atoms with Crippen LogP contribution < -0.4 is 21.4 Å². The van der Waals surface area contributed by atoms with Crippen molar-refractivity contribution in [3.63, 3.8) is 0 Å². The Kier molecular flexibility index (Phi) is 6.87. The van der Waals surface area contributed by atoms with Crippen molar-refractivity contribution in [3.05, 3.63) is 110 Å². The summed E-state index contributed by atoms with van der Waals surface area (Å²) in [6.07, 6.45) is 0. The van der Waals surface area contributed by atoms with Crippen molar-refractivity contribution in [2.45, 2.75) is 13.1 Å². The molecule has 33 heavy (non-hydrogen) atoms. The Labute approximate surface area is 194 Å². The molecule has 0 bridgehead atoms. The minimum absolute atomic E-state index is 0.0888. The summed E-state index contributed by atoms with van der Waals surface area (Å²) >= 11 is 5.96. The third-order valence-electron chi connectivity index (χ3n) is 4.82. The zero-order valence-electron chi connectivity index (χ0n) is 17.5. The molecule has 0 aliphatic heterocycles. The molecule has 0 radical (unpaired) electrons. The maximum atomic E-state index is 13.0. The molecule has 0 fully saturated rings. The van der Waals surface area contributed by atoms with E-state index >= 15 is 0 Å². The van der Waals surface area contributed by atoms with Gasteiger partial charge in [0.1, 0.15) is 11.5 Å². The first-order valence-corrected chi connectivity index (χ1v) is 10.6. The van der Waals surface area contributed by atoms with Crippen molar-refractivity contribution in [1.82, 2.24) is 14.1 Å². The van der Waals surface area contributed by atoms with E-state index in [2.05, 4.69) is 10.3 Å². The van der Waals surface area contributed by atoms with E-state index in [0.717, 1.165) is 10.1 Å². The number of hydrogen-bond acceptors (Lipinski definition) is 6. The Morgan fingerprint density at radius 2 is 1.55 bits per heavy atom. The number of nitrogens with one attached hydrogen (secondary N) is 1. The zero-order chi connectivity index (χ0) is 23.2. The average Bonchev–Trinajstić information content (AvgIpc) is 2.82. The lowest BCUT2D eigenvalue weighted by Gasteiger charge is -2.15. The minimum atomic E-state index is -0.743. The monoisotopic (exact) mass is 464 g/mol. The van der Waals surface area contributed by atoms with Gasteiger partial charge in [-0.3, -0.25) is 4.57 Å². The lowest BCUT2D eigenvalue weighted by molar-refractivity contribution is 0.268. The van der Waals surface area contributed by atoms with Crippen molar-refractivity contribution in [2.75, 3.05) is 11.9 Å². The summed E-state index contributed by atoms with van der Waals surface area (Å²) in [7, 11) is 0. The van der Waals surface area contributed by atoms with Crippen LogP contribution in [-0.4, -0.2) is 25.8 Å². The number of hydrogen-bond donors (Lipinski definition) is 2. The first-order valence-electron chi connectivity index (χ1n) is 10.2. The maximum Gasteiger partial charge on any atom is 0.355 e. The van der Waals surface area contributed by atoms with Gasteiger partial charge in [-0.1, -0.05) is 41.9 Å². The number of aromatic nitrogens is 3. The second kappa shape index (κ2) is 10.2. The maximum absolute atomic E-state index is 13.0. The van der Waals surface area contributed by atoms with Gasteiger partial charge in [0.25, 0.3) is 0 Å². The smallest absolute Gasteiger partial charge is 0.355 e. The highest BCUT2D eigenvalue weighted by Crippen LogP contribution is 2.23. The molecule has 2 N–H and O–H groups in total. The van der Waals surface area contributed by atoms with Crippen LogP contribution in [0.1, 0.15) is 5.56 Å². The quantitative estimate of drug-likeness (QED) is 0.413. The Morgan fingerprint density at radius 3 is 2.21 bits per heavy atom. The number of nitrogens with zero attached hydrogens (tertiary/aromatic N) is 3. The molecule has 4 rings (SSSR count). The number of benzene rings is 3. The van der Waals surface area contributed by atoms with Crippen molar-refractivity contribution in [1.29, 1.82) is 0 Å². The second-order valence-electron chi connectivity index (χ2n) is 7.15. The Morgan fingerprint density at radius 1 is 0.879 bits per heavy atom. The molecule has 0 unspecified atom stereocenters. The van der Waals surface area contributed by atoms with Crippen LogP contribution in [0.15, 0.2) is 88.5 Å². The topological polar surface area (TPSA) is 98.4 Å². The summed E-state index contributed by atoms with van der Waals surface area (Å²) in [6.45, 7) is -0.337. The van der Waals surface area contributed by atoms with Gasteiger partial charge in [0.2, 0.25) is 5.95 Å². The molecule has 0 aliphatic rings. The van der Waals surface area contributed by atoms with Gasteiger partial charge in [-0.15, -0.1) is 0 Å². The number of aliphatic hydroxyl groups excluding tert-OH is 1. The molecule has 0 saturated heterocycles. The fourth-order valence-corrected chi connectivity index (χ4v) is 3.32. The van der Waals surface area contributed by atoms with Crippen molar-refractivity contribution < 1.29 is 9.84 Å². The molecule has 4 aromatic rings. The largest absolute Gasteiger partial charge is 0.457 e. The summed E-state index contributed by atoms with van der Waals surface area (Å²) in [5, 5.41) is 12.9. The molecule has 8 nitrogen and oxygen atoms in total. The first-order chi connectivity index (χ1) is 16.0. The van der Waals surface area contributed by atoms with Gasteiger partial charge < -0.3 is 15.2 Å². The van der Waals surface area contributed by atoms with Crippen LogP contribution in [0, 0.1) is 0 Å². The molecule has 0 amide bonds. The number of rotatable bonds is 8. The van der Waals surface area contributed by atoms with E-state index in [4.69, 9.17) is 16.3 Å². The van der Waals surface area contributed by atoms with Crippen LogP contribution in [0.5, 0.6) is 11.5 Å². The normalized spacial score (nSPS) is 10.7. The average molecular weight is 465 g/mol. The molecule has 0 atom stereocenters. The highest BCUT2D eigenvalue weighted by molar-refractivity contribution is 6.30. The van der Waals surface area contributed by atoms with E-state index in [-0.39, 0.29) is 25.6 Å². The third-order valence-corrected chi connectivity index (χ3v) is 5.07. The van der Waals surface area contributed by atoms with Crippen LogP contribution in [0.25, 0.3) is 0 Å². The number of aliphatic hydroxyl groups is 1. The Balaban J connectivity index is 1.64. The van der Waals surface area contributed by atoms with Crippen LogP contribution >= 0.6 is 11.6 Å². The van der Waals surface area contributed by atoms with E-state index in [0.29, 0.717) is 22.2 Å². The van der Waals surface area contributed by atoms with Crippen LogP contribution in [0.3, 0.4) is 0 Å². The fourth-order valence-electron chi connectivity index (χ4n) is 3.19. The van der Waals surface area contributed by atoms with Crippen LogP contribution in [-0.2, 0) is 13.1 Å². The molecule has 1 aromatic heterocycles. The first kappa shape index (κ1) is 22.3. The molecular weight excluding hydrogens is 444 g/mol. The predicted molar refractivity (Wildman–Crippen MR) is 127 cm³/mol. The van der Waals surface area contributed by atoms with E-state index in [1.54, 1.807) is 48.5 Å². The highest BCUT2D eigenvalue weighted by Gasteiger charge is 2.14. The van der Waals surface area contributed by atoms with Gasteiger partial charge in [-0.2, -0.15) is 4.98 Å². The lowest BCUT2D eigenvalue weighted by atomic mass is 10.2. The van der Waals surface area contributed by atoms with Crippen LogP contribution in [0.2, 0.25) is 5.02 Å². The summed E-state index contributed by atoms with van der Waals surface area (Å²) in [5.41, 5.74) is 0.0945. The van der Waals surface area contributed by atoms with Gasteiger partial charge in [0, 0.05) is 10.7 Å². The molecule has 3 aromatic carbocycles. The number of ether oxygens (including phenoxy) is 1. The number of halogens is 1. The fraction of sp³-hybridized carbons (Fsp3) is 0.125. The number of para-hydroxylation sites is 1. The van der Waals surface area contributed by atoms with Gasteiger partial charge in [-0.25, -0.2) is 14.2 Å². The lowest BCUT2D eigenvalue weighted by Crippen LogP contribution is -2.43. The van der Waals surface area contributed by atoms with Crippen molar-refractivity contribution in [3.8, 4) is 11.5 Å². The highest BCUT2D eigenvalue weighted by atomic mass is 35.5. The Hall–Kier alpha value is -3.88. The van der Waals surface area contributed by atoms with Crippen molar-refractivity contribution in [2.24, 2.45) is 0 Å². The Bertz CT molecular complexity index is 1330.